The molecule has 30 heavy (non-hydrogen) atoms. The summed E-state index contributed by atoms with van der Waals surface area (Å²) in [6, 6.07) is 11.7. The lowest BCUT2D eigenvalue weighted by Gasteiger charge is -2.14. The number of nitrogens with one attached hydrogen (secondary N) is 3. The Morgan fingerprint density at radius 1 is 1.03 bits per heavy atom. The second kappa shape index (κ2) is 10.0. The van der Waals surface area contributed by atoms with E-state index in [0.717, 1.165) is 6.07 Å². The van der Waals surface area contributed by atoms with Gasteiger partial charge in [-0.15, -0.1) is 0 Å². The summed E-state index contributed by atoms with van der Waals surface area (Å²) in [5.41, 5.74) is 0.396. The molecule has 158 valence electrons. The van der Waals surface area contributed by atoms with Crippen molar-refractivity contribution in [1.29, 1.82) is 0 Å². The normalized spacial score (nSPS) is 11.3. The van der Waals surface area contributed by atoms with Gasteiger partial charge in [0.15, 0.2) is 6.10 Å². The van der Waals surface area contributed by atoms with Crippen molar-refractivity contribution in [3.63, 3.8) is 0 Å². The lowest BCUT2D eigenvalue weighted by molar-refractivity contribution is -0.383. The van der Waals surface area contributed by atoms with Gasteiger partial charge in [-0.05, 0) is 45.0 Å². The SMILES string of the molecule is CC(C)NC(=O)NC(=O)[C@@H](C)OC(=O)c1ccc(Nc2ccccc2)c([N+](=O)[O-])c1. The van der Waals surface area contributed by atoms with Crippen LogP contribution in [-0.2, 0) is 9.53 Å². The fourth-order valence-corrected chi connectivity index (χ4v) is 2.39. The number of para-hydroxylation sites is 1. The summed E-state index contributed by atoms with van der Waals surface area (Å²) < 4.78 is 5.02. The molecular weight excluding hydrogens is 392 g/mol. The summed E-state index contributed by atoms with van der Waals surface area (Å²) in [6.45, 7) is 4.73. The summed E-state index contributed by atoms with van der Waals surface area (Å²) in [4.78, 5) is 46.7. The van der Waals surface area contributed by atoms with Crippen molar-refractivity contribution in [2.45, 2.75) is 32.9 Å². The molecule has 0 aromatic heterocycles. The maximum atomic E-state index is 12.3. The van der Waals surface area contributed by atoms with Crippen LogP contribution in [0.2, 0.25) is 0 Å². The van der Waals surface area contributed by atoms with Gasteiger partial charge in [0.05, 0.1) is 10.5 Å². The number of imide groups is 1. The van der Waals surface area contributed by atoms with Gasteiger partial charge in [0, 0.05) is 17.8 Å². The number of carbonyl (C=O) groups is 3. The molecule has 2 aromatic carbocycles. The first-order valence-corrected chi connectivity index (χ1v) is 9.10. The number of ether oxygens (including phenoxy) is 1. The first-order chi connectivity index (χ1) is 14.2. The molecule has 0 aliphatic heterocycles. The van der Waals surface area contributed by atoms with Crippen molar-refractivity contribution < 1.29 is 24.0 Å². The molecule has 0 spiro atoms. The van der Waals surface area contributed by atoms with Crippen LogP contribution in [0.25, 0.3) is 0 Å². The number of benzene rings is 2. The molecule has 0 unspecified atom stereocenters. The van der Waals surface area contributed by atoms with Gasteiger partial charge in [-0.1, -0.05) is 18.2 Å². The highest BCUT2D eigenvalue weighted by Crippen LogP contribution is 2.29. The maximum absolute atomic E-state index is 12.3. The fraction of sp³-hybridized carbons (Fsp3) is 0.250. The lowest BCUT2D eigenvalue weighted by atomic mass is 10.1. The number of urea groups is 1. The van der Waals surface area contributed by atoms with E-state index in [4.69, 9.17) is 4.74 Å². The summed E-state index contributed by atoms with van der Waals surface area (Å²) in [7, 11) is 0. The van der Waals surface area contributed by atoms with E-state index in [0.29, 0.717) is 5.69 Å². The first kappa shape index (κ1) is 22.3. The van der Waals surface area contributed by atoms with Crippen LogP contribution in [0.15, 0.2) is 48.5 Å². The van der Waals surface area contributed by atoms with Gasteiger partial charge in [-0.3, -0.25) is 20.2 Å². The van der Waals surface area contributed by atoms with E-state index in [9.17, 15) is 24.5 Å². The molecule has 0 fully saturated rings. The van der Waals surface area contributed by atoms with E-state index in [-0.39, 0.29) is 23.0 Å². The minimum atomic E-state index is -1.28. The molecule has 0 saturated carbocycles. The number of anilines is 2. The number of rotatable bonds is 7. The van der Waals surface area contributed by atoms with E-state index in [2.05, 4.69) is 10.6 Å². The molecule has 2 aromatic rings. The molecule has 0 aliphatic rings. The Morgan fingerprint density at radius 2 is 1.70 bits per heavy atom. The van der Waals surface area contributed by atoms with E-state index in [1.807, 2.05) is 11.4 Å². The molecule has 10 heteroatoms. The average molecular weight is 414 g/mol. The van der Waals surface area contributed by atoms with Gasteiger partial charge in [0.25, 0.3) is 11.6 Å². The molecule has 0 bridgehead atoms. The number of nitro benzene ring substituents is 1. The van der Waals surface area contributed by atoms with Crippen molar-refractivity contribution in [3.05, 3.63) is 64.2 Å². The largest absolute Gasteiger partial charge is 0.449 e. The van der Waals surface area contributed by atoms with Crippen LogP contribution in [0.1, 0.15) is 31.1 Å². The van der Waals surface area contributed by atoms with Crippen molar-refractivity contribution in [2.24, 2.45) is 0 Å². The zero-order chi connectivity index (χ0) is 22.3. The minimum absolute atomic E-state index is 0.105. The van der Waals surface area contributed by atoms with Crippen LogP contribution in [0.3, 0.4) is 0 Å². The lowest BCUT2D eigenvalue weighted by Crippen LogP contribution is -2.46. The van der Waals surface area contributed by atoms with Crippen molar-refractivity contribution in [3.8, 4) is 0 Å². The predicted molar refractivity (Wildman–Crippen MR) is 110 cm³/mol. The van der Waals surface area contributed by atoms with E-state index in [1.165, 1.54) is 19.1 Å². The number of carbonyl (C=O) groups excluding carboxylic acids is 3. The smallest absolute Gasteiger partial charge is 0.339 e. The Labute approximate surface area is 172 Å². The monoisotopic (exact) mass is 414 g/mol. The zero-order valence-electron chi connectivity index (χ0n) is 16.7. The Morgan fingerprint density at radius 3 is 2.30 bits per heavy atom. The maximum Gasteiger partial charge on any atom is 0.339 e. The average Bonchev–Trinajstić information content (AvgIpc) is 2.68. The minimum Gasteiger partial charge on any atom is -0.449 e. The first-order valence-electron chi connectivity index (χ1n) is 9.10. The molecule has 0 radical (unpaired) electrons. The summed E-state index contributed by atoms with van der Waals surface area (Å²) in [5, 5.41) is 18.9. The Bertz CT molecular complexity index is 946. The highest BCUT2D eigenvalue weighted by Gasteiger charge is 2.23. The third-order valence-electron chi connectivity index (χ3n) is 3.79. The molecule has 0 aliphatic carbocycles. The molecule has 3 N–H and O–H groups in total. The van der Waals surface area contributed by atoms with Gasteiger partial charge in [0.2, 0.25) is 0 Å². The van der Waals surface area contributed by atoms with Crippen LogP contribution < -0.4 is 16.0 Å². The van der Waals surface area contributed by atoms with Crippen LogP contribution in [0, 0.1) is 10.1 Å². The highest BCUT2D eigenvalue weighted by molar-refractivity contribution is 5.99. The molecule has 10 nitrogen and oxygen atoms in total. The van der Waals surface area contributed by atoms with Crippen molar-refractivity contribution in [2.75, 3.05) is 5.32 Å². The Hall–Kier alpha value is -3.95. The highest BCUT2D eigenvalue weighted by atomic mass is 16.6. The third-order valence-corrected chi connectivity index (χ3v) is 3.79. The van der Waals surface area contributed by atoms with Crippen LogP contribution in [0.4, 0.5) is 21.9 Å². The topological polar surface area (TPSA) is 140 Å². The predicted octanol–water partition coefficient (Wildman–Crippen LogP) is 3.12. The van der Waals surface area contributed by atoms with Gasteiger partial charge >= 0.3 is 12.0 Å². The van der Waals surface area contributed by atoms with E-state index < -0.39 is 28.9 Å². The Kier molecular flexibility index (Phi) is 7.45. The van der Waals surface area contributed by atoms with Crippen molar-refractivity contribution in [1.82, 2.24) is 10.6 Å². The second-order valence-electron chi connectivity index (χ2n) is 6.65. The van der Waals surface area contributed by atoms with Crippen LogP contribution in [-0.4, -0.2) is 35.0 Å². The zero-order valence-corrected chi connectivity index (χ0v) is 16.7. The molecule has 0 saturated heterocycles. The summed E-state index contributed by atoms with van der Waals surface area (Å²) in [5.74, 6) is -1.75. The Balaban J connectivity index is 2.10. The molecular formula is C20H22N4O6. The number of amides is 3. The summed E-state index contributed by atoms with van der Waals surface area (Å²) >= 11 is 0. The van der Waals surface area contributed by atoms with Gasteiger partial charge in [-0.25, -0.2) is 9.59 Å². The molecule has 0 heterocycles. The van der Waals surface area contributed by atoms with Gasteiger partial charge < -0.3 is 15.4 Å². The second-order valence-corrected chi connectivity index (χ2v) is 6.65. The van der Waals surface area contributed by atoms with E-state index >= 15 is 0 Å². The van der Waals surface area contributed by atoms with Gasteiger partial charge in [-0.2, -0.15) is 0 Å². The van der Waals surface area contributed by atoms with E-state index in [1.54, 1.807) is 38.1 Å². The number of nitrogens with zero attached hydrogens (tertiary/aromatic N) is 1. The molecule has 3 amide bonds. The number of hydrogen-bond donors (Lipinski definition) is 3. The summed E-state index contributed by atoms with van der Waals surface area (Å²) in [6.07, 6.45) is -1.28. The third kappa shape index (κ3) is 6.30. The van der Waals surface area contributed by atoms with Crippen LogP contribution >= 0.6 is 0 Å². The quantitative estimate of drug-likeness (QED) is 0.359. The van der Waals surface area contributed by atoms with Gasteiger partial charge in [0.1, 0.15) is 5.69 Å². The van der Waals surface area contributed by atoms with Crippen molar-refractivity contribution >= 4 is 35.0 Å². The fourth-order valence-electron chi connectivity index (χ4n) is 2.39. The molecule has 1 atom stereocenters. The number of esters is 1. The molecule has 2 rings (SSSR count). The standard InChI is InChI=1S/C20H22N4O6/c1-12(2)21-20(27)23-18(25)13(3)30-19(26)14-9-10-16(17(11-14)24(28)29)22-15-7-5-4-6-8-15/h4-13,22H,1-3H3,(H2,21,23,25,27)/t13-/m1/s1. The van der Waals surface area contributed by atoms with Crippen LogP contribution in [0.5, 0.6) is 0 Å². The number of hydrogen-bond acceptors (Lipinski definition) is 7. The number of nitro groups is 1.